The van der Waals surface area contributed by atoms with Crippen LogP contribution < -0.4 is 10.1 Å². The van der Waals surface area contributed by atoms with Gasteiger partial charge in [-0.05, 0) is 58.6 Å². The molecule has 0 saturated carbocycles. The fraction of sp³-hybridized carbons (Fsp3) is 0.364. The predicted octanol–water partition coefficient (Wildman–Crippen LogP) is 5.32. The van der Waals surface area contributed by atoms with Crippen LogP contribution in [0.5, 0.6) is 5.75 Å². The minimum atomic E-state index is -0.690. The highest BCUT2D eigenvalue weighted by atomic mass is 79.9. The maximum atomic E-state index is 13.0. The van der Waals surface area contributed by atoms with Crippen molar-refractivity contribution < 1.29 is 14.3 Å². The van der Waals surface area contributed by atoms with E-state index < -0.39 is 6.04 Å². The molecular weight excluding hydrogens is 491 g/mol. The zero-order chi connectivity index (χ0) is 22.3. The standard InChI is InChI=1S/C22H25BrCl2N2O3/c1-14(2)11-26-22(29)15(3)27(12-16-6-4-5-7-19(16)25)21(28)13-30-20-9-8-17(24)10-18(20)23/h4-10,14-15H,11-13H2,1-3H3,(H,26,29)/t15-/m0/s1. The molecule has 2 aromatic rings. The van der Waals surface area contributed by atoms with E-state index in [-0.39, 0.29) is 25.0 Å². The number of hydrogen-bond acceptors (Lipinski definition) is 3. The second kappa shape index (κ2) is 11.6. The van der Waals surface area contributed by atoms with E-state index in [0.29, 0.717) is 32.7 Å². The average Bonchev–Trinajstić information content (AvgIpc) is 2.70. The van der Waals surface area contributed by atoms with Gasteiger partial charge in [0.05, 0.1) is 4.47 Å². The van der Waals surface area contributed by atoms with Gasteiger partial charge in [-0.15, -0.1) is 0 Å². The normalized spacial score (nSPS) is 11.8. The van der Waals surface area contributed by atoms with Crippen molar-refractivity contribution in [2.24, 2.45) is 5.92 Å². The summed E-state index contributed by atoms with van der Waals surface area (Å²) < 4.78 is 6.31. The third-order valence-electron chi connectivity index (χ3n) is 4.40. The molecule has 0 bridgehead atoms. The van der Waals surface area contributed by atoms with Crippen molar-refractivity contribution in [2.75, 3.05) is 13.2 Å². The van der Waals surface area contributed by atoms with Crippen molar-refractivity contribution in [3.63, 3.8) is 0 Å². The Morgan fingerprint density at radius 1 is 1.13 bits per heavy atom. The van der Waals surface area contributed by atoms with Crippen molar-refractivity contribution in [3.8, 4) is 5.75 Å². The maximum absolute atomic E-state index is 13.0. The number of ether oxygens (including phenoxy) is 1. The summed E-state index contributed by atoms with van der Waals surface area (Å²) in [5.74, 6) is 0.238. The highest BCUT2D eigenvalue weighted by Crippen LogP contribution is 2.28. The van der Waals surface area contributed by atoms with E-state index in [0.717, 1.165) is 5.56 Å². The molecule has 0 heterocycles. The summed E-state index contributed by atoms with van der Waals surface area (Å²) in [5.41, 5.74) is 0.753. The zero-order valence-corrected chi connectivity index (χ0v) is 20.2. The number of nitrogens with one attached hydrogen (secondary N) is 1. The average molecular weight is 516 g/mol. The molecule has 30 heavy (non-hydrogen) atoms. The van der Waals surface area contributed by atoms with Gasteiger partial charge >= 0.3 is 0 Å². The lowest BCUT2D eigenvalue weighted by molar-refractivity contribution is -0.142. The smallest absolute Gasteiger partial charge is 0.261 e. The lowest BCUT2D eigenvalue weighted by atomic mass is 10.1. The van der Waals surface area contributed by atoms with Crippen LogP contribution in [0.1, 0.15) is 26.3 Å². The fourth-order valence-electron chi connectivity index (χ4n) is 2.66. The molecule has 2 rings (SSSR count). The van der Waals surface area contributed by atoms with Gasteiger partial charge in [0.1, 0.15) is 11.8 Å². The van der Waals surface area contributed by atoms with Crippen LogP contribution in [0, 0.1) is 5.92 Å². The molecule has 1 atom stereocenters. The molecule has 2 aromatic carbocycles. The Balaban J connectivity index is 2.17. The molecule has 2 amide bonds. The SMILES string of the molecule is CC(C)CNC(=O)[C@H](C)N(Cc1ccccc1Cl)C(=O)COc1ccc(Cl)cc1Br. The van der Waals surface area contributed by atoms with Crippen molar-refractivity contribution in [3.05, 3.63) is 62.5 Å². The molecule has 0 saturated heterocycles. The Morgan fingerprint density at radius 3 is 2.47 bits per heavy atom. The van der Waals surface area contributed by atoms with E-state index in [1.165, 1.54) is 4.90 Å². The molecule has 162 valence electrons. The van der Waals surface area contributed by atoms with Crippen molar-refractivity contribution in [1.29, 1.82) is 0 Å². The number of carbonyl (C=O) groups is 2. The van der Waals surface area contributed by atoms with Crippen LogP contribution in [-0.2, 0) is 16.1 Å². The Kier molecular flexibility index (Phi) is 9.46. The second-order valence-corrected chi connectivity index (χ2v) is 8.99. The number of nitrogens with zero attached hydrogens (tertiary/aromatic N) is 1. The summed E-state index contributed by atoms with van der Waals surface area (Å²) in [7, 11) is 0. The van der Waals surface area contributed by atoms with E-state index in [4.69, 9.17) is 27.9 Å². The minimum Gasteiger partial charge on any atom is -0.483 e. The first-order valence-corrected chi connectivity index (χ1v) is 11.1. The van der Waals surface area contributed by atoms with Crippen molar-refractivity contribution >= 4 is 50.9 Å². The second-order valence-electron chi connectivity index (χ2n) is 7.29. The van der Waals surface area contributed by atoms with Gasteiger partial charge in [0.25, 0.3) is 5.91 Å². The molecular formula is C22H25BrCl2N2O3. The lowest BCUT2D eigenvalue weighted by Gasteiger charge is -2.29. The highest BCUT2D eigenvalue weighted by Gasteiger charge is 2.27. The third kappa shape index (κ3) is 7.18. The molecule has 0 aliphatic carbocycles. The number of hydrogen-bond donors (Lipinski definition) is 1. The van der Waals surface area contributed by atoms with Crippen LogP contribution in [0.4, 0.5) is 0 Å². The van der Waals surface area contributed by atoms with Crippen LogP contribution in [0.25, 0.3) is 0 Å². The van der Waals surface area contributed by atoms with E-state index in [1.54, 1.807) is 31.2 Å². The van der Waals surface area contributed by atoms with Crippen LogP contribution in [0.2, 0.25) is 10.0 Å². The number of benzene rings is 2. The van der Waals surface area contributed by atoms with E-state index in [1.807, 2.05) is 32.0 Å². The van der Waals surface area contributed by atoms with Crippen LogP contribution in [0.15, 0.2) is 46.9 Å². The van der Waals surface area contributed by atoms with Gasteiger partial charge in [-0.1, -0.05) is 55.2 Å². The minimum absolute atomic E-state index is 0.194. The third-order valence-corrected chi connectivity index (χ3v) is 5.62. The predicted molar refractivity (Wildman–Crippen MR) is 124 cm³/mol. The molecule has 0 aromatic heterocycles. The fourth-order valence-corrected chi connectivity index (χ4v) is 3.65. The summed E-state index contributed by atoms with van der Waals surface area (Å²) in [6, 6.07) is 11.6. The molecule has 0 unspecified atom stereocenters. The van der Waals surface area contributed by atoms with Gasteiger partial charge in [0.15, 0.2) is 6.61 Å². The Bertz CT molecular complexity index is 892. The first kappa shape index (κ1) is 24.5. The van der Waals surface area contributed by atoms with Gasteiger partial charge in [-0.3, -0.25) is 9.59 Å². The summed E-state index contributed by atoms with van der Waals surface area (Å²) in [6.07, 6.45) is 0. The van der Waals surface area contributed by atoms with Crippen LogP contribution >= 0.6 is 39.1 Å². The quantitative estimate of drug-likeness (QED) is 0.491. The summed E-state index contributed by atoms with van der Waals surface area (Å²) in [6.45, 7) is 6.21. The Labute approximate surface area is 195 Å². The number of halogens is 3. The number of amides is 2. The van der Waals surface area contributed by atoms with Crippen LogP contribution in [0.3, 0.4) is 0 Å². The molecule has 0 aliphatic heterocycles. The topological polar surface area (TPSA) is 58.6 Å². The van der Waals surface area contributed by atoms with E-state index >= 15 is 0 Å². The number of rotatable bonds is 9. The van der Waals surface area contributed by atoms with Gasteiger partial charge in [-0.25, -0.2) is 0 Å². The molecule has 1 N–H and O–H groups in total. The van der Waals surface area contributed by atoms with Crippen molar-refractivity contribution in [1.82, 2.24) is 10.2 Å². The lowest BCUT2D eigenvalue weighted by Crippen LogP contribution is -2.49. The monoisotopic (exact) mass is 514 g/mol. The Morgan fingerprint density at radius 2 is 1.83 bits per heavy atom. The molecule has 0 fully saturated rings. The van der Waals surface area contributed by atoms with Crippen molar-refractivity contribution in [2.45, 2.75) is 33.4 Å². The molecule has 8 heteroatoms. The molecule has 0 aliphatic rings. The van der Waals surface area contributed by atoms with Gasteiger partial charge in [0.2, 0.25) is 5.91 Å². The van der Waals surface area contributed by atoms with Gasteiger partial charge < -0.3 is 15.0 Å². The summed E-state index contributed by atoms with van der Waals surface area (Å²) >= 11 is 15.6. The van der Waals surface area contributed by atoms with Gasteiger partial charge in [0, 0.05) is 23.1 Å². The maximum Gasteiger partial charge on any atom is 0.261 e. The Hall–Kier alpha value is -1.76. The summed E-state index contributed by atoms with van der Waals surface area (Å²) in [4.78, 5) is 27.1. The molecule has 5 nitrogen and oxygen atoms in total. The molecule has 0 spiro atoms. The zero-order valence-electron chi connectivity index (χ0n) is 17.1. The van der Waals surface area contributed by atoms with Crippen LogP contribution in [-0.4, -0.2) is 35.9 Å². The first-order valence-electron chi connectivity index (χ1n) is 9.57. The first-order chi connectivity index (χ1) is 14.2. The highest BCUT2D eigenvalue weighted by molar-refractivity contribution is 9.10. The van der Waals surface area contributed by atoms with Gasteiger partial charge in [-0.2, -0.15) is 0 Å². The molecule has 0 radical (unpaired) electrons. The van der Waals surface area contributed by atoms with E-state index in [2.05, 4.69) is 21.2 Å². The number of carbonyl (C=O) groups excluding carboxylic acids is 2. The summed E-state index contributed by atoms with van der Waals surface area (Å²) in [5, 5.41) is 3.96. The van der Waals surface area contributed by atoms with E-state index in [9.17, 15) is 9.59 Å². The largest absolute Gasteiger partial charge is 0.483 e.